The van der Waals surface area contributed by atoms with Crippen LogP contribution in [0.3, 0.4) is 0 Å². The fourth-order valence-electron chi connectivity index (χ4n) is 2.02. The van der Waals surface area contributed by atoms with Crippen LogP contribution in [0.2, 0.25) is 0 Å². The summed E-state index contributed by atoms with van der Waals surface area (Å²) in [7, 11) is -2.55. The number of carbonyl (C=O) groups excluding carboxylic acids is 1. The van der Waals surface area contributed by atoms with Gasteiger partial charge in [0.05, 0.1) is 12.0 Å². The van der Waals surface area contributed by atoms with E-state index in [0.29, 0.717) is 18.5 Å². The molecular formula is C16H17FN2O4S. The molecule has 0 radical (unpaired) electrons. The minimum Gasteiger partial charge on any atom is -0.352 e. The summed E-state index contributed by atoms with van der Waals surface area (Å²) in [5.41, 5.74) is 1.24. The first-order valence-corrected chi connectivity index (χ1v) is 8.58. The van der Waals surface area contributed by atoms with E-state index in [-0.39, 0.29) is 16.6 Å². The van der Waals surface area contributed by atoms with Crippen molar-refractivity contribution < 1.29 is 22.4 Å². The van der Waals surface area contributed by atoms with Crippen LogP contribution in [0.1, 0.15) is 15.9 Å². The summed E-state index contributed by atoms with van der Waals surface area (Å²) in [6.07, 6.45) is 0.566. The Morgan fingerprint density at radius 3 is 2.29 bits per heavy atom. The fraction of sp³-hybridized carbons (Fsp3) is 0.188. The molecule has 2 aromatic carbocycles. The van der Waals surface area contributed by atoms with Crippen molar-refractivity contribution in [2.45, 2.75) is 11.3 Å². The molecule has 0 aliphatic heterocycles. The van der Waals surface area contributed by atoms with E-state index in [9.17, 15) is 17.6 Å². The van der Waals surface area contributed by atoms with Gasteiger partial charge < -0.3 is 5.32 Å². The normalized spacial score (nSPS) is 11.2. The highest BCUT2D eigenvalue weighted by Gasteiger charge is 2.14. The number of hydrogen-bond donors (Lipinski definition) is 2. The van der Waals surface area contributed by atoms with E-state index >= 15 is 0 Å². The molecule has 8 heteroatoms. The van der Waals surface area contributed by atoms with Gasteiger partial charge in [-0.1, -0.05) is 17.0 Å². The molecule has 0 aliphatic carbocycles. The Hall–Kier alpha value is -2.29. The van der Waals surface area contributed by atoms with Crippen LogP contribution >= 0.6 is 0 Å². The summed E-state index contributed by atoms with van der Waals surface area (Å²) >= 11 is 0. The van der Waals surface area contributed by atoms with Crippen molar-refractivity contribution in [2.24, 2.45) is 0 Å². The molecule has 0 spiro atoms. The molecule has 0 aliphatic rings. The van der Waals surface area contributed by atoms with Crippen LogP contribution in [0.5, 0.6) is 0 Å². The molecule has 1 amide bonds. The SMILES string of the molecule is CONS(=O)(=O)c1ccc(C(=O)NCCc2ccc(F)cc2)cc1. The van der Waals surface area contributed by atoms with Crippen molar-refractivity contribution in [2.75, 3.05) is 13.7 Å². The second kappa shape index (κ2) is 8.00. The van der Waals surface area contributed by atoms with E-state index in [1.165, 1.54) is 43.5 Å². The molecule has 2 N–H and O–H groups in total. The minimum absolute atomic E-state index is 0.00721. The summed E-state index contributed by atoms with van der Waals surface area (Å²) in [5, 5.41) is 2.72. The first kappa shape index (κ1) is 18.1. The molecule has 0 saturated carbocycles. The number of amides is 1. The Labute approximate surface area is 139 Å². The lowest BCUT2D eigenvalue weighted by Crippen LogP contribution is -2.26. The number of sulfonamides is 1. The zero-order valence-corrected chi connectivity index (χ0v) is 13.8. The van der Waals surface area contributed by atoms with Gasteiger partial charge in [0, 0.05) is 12.1 Å². The highest BCUT2D eigenvalue weighted by atomic mass is 32.2. The highest BCUT2D eigenvalue weighted by molar-refractivity contribution is 7.89. The predicted octanol–water partition coefficient (Wildman–Crippen LogP) is 1.64. The van der Waals surface area contributed by atoms with Crippen molar-refractivity contribution in [3.63, 3.8) is 0 Å². The summed E-state index contributed by atoms with van der Waals surface area (Å²) in [4.78, 5) is 18.3. The van der Waals surface area contributed by atoms with E-state index in [1.807, 2.05) is 4.89 Å². The average molecular weight is 352 g/mol. The van der Waals surface area contributed by atoms with Gasteiger partial charge >= 0.3 is 0 Å². The number of halogens is 1. The lowest BCUT2D eigenvalue weighted by atomic mass is 10.1. The van der Waals surface area contributed by atoms with Crippen LogP contribution < -0.4 is 10.2 Å². The second-order valence-electron chi connectivity index (χ2n) is 4.95. The Morgan fingerprint density at radius 2 is 1.71 bits per heavy atom. The monoisotopic (exact) mass is 352 g/mol. The van der Waals surface area contributed by atoms with E-state index in [2.05, 4.69) is 10.2 Å². The van der Waals surface area contributed by atoms with Crippen molar-refractivity contribution in [3.05, 3.63) is 65.5 Å². The quantitative estimate of drug-likeness (QED) is 0.742. The van der Waals surface area contributed by atoms with Gasteiger partial charge in [-0.25, -0.2) is 12.8 Å². The Kier molecular flexibility index (Phi) is 6.02. The third-order valence-corrected chi connectivity index (χ3v) is 4.51. The van der Waals surface area contributed by atoms with E-state index in [0.717, 1.165) is 5.56 Å². The van der Waals surface area contributed by atoms with Crippen molar-refractivity contribution in [3.8, 4) is 0 Å². The van der Waals surface area contributed by atoms with Crippen molar-refractivity contribution in [1.82, 2.24) is 10.2 Å². The Balaban J connectivity index is 1.92. The Bertz CT molecular complexity index is 790. The largest absolute Gasteiger partial charge is 0.352 e. The molecule has 2 rings (SSSR count). The molecular weight excluding hydrogens is 335 g/mol. The number of carbonyl (C=O) groups is 1. The van der Waals surface area contributed by atoms with E-state index < -0.39 is 10.0 Å². The molecule has 6 nitrogen and oxygen atoms in total. The minimum atomic E-state index is -3.74. The maximum atomic E-state index is 12.8. The van der Waals surface area contributed by atoms with E-state index in [4.69, 9.17) is 0 Å². The lowest BCUT2D eigenvalue weighted by Gasteiger charge is -2.07. The van der Waals surface area contributed by atoms with Crippen LogP contribution in [0.4, 0.5) is 4.39 Å². The first-order chi connectivity index (χ1) is 11.4. The molecule has 0 saturated heterocycles. The van der Waals surface area contributed by atoms with E-state index in [1.54, 1.807) is 12.1 Å². The molecule has 2 aromatic rings. The third kappa shape index (κ3) is 4.85. The molecule has 0 heterocycles. The van der Waals surface area contributed by atoms with Gasteiger partial charge in [-0.15, -0.1) is 0 Å². The highest BCUT2D eigenvalue weighted by Crippen LogP contribution is 2.10. The van der Waals surface area contributed by atoms with Gasteiger partial charge in [0.25, 0.3) is 15.9 Å². The van der Waals surface area contributed by atoms with Crippen LogP contribution in [-0.2, 0) is 21.3 Å². The maximum absolute atomic E-state index is 12.8. The maximum Gasteiger partial charge on any atom is 0.262 e. The number of benzene rings is 2. The van der Waals surface area contributed by atoms with Crippen molar-refractivity contribution >= 4 is 15.9 Å². The zero-order chi connectivity index (χ0) is 17.6. The van der Waals surface area contributed by atoms with Crippen LogP contribution in [0, 0.1) is 5.82 Å². The second-order valence-corrected chi connectivity index (χ2v) is 6.59. The molecule has 0 unspecified atom stereocenters. The summed E-state index contributed by atoms with van der Waals surface area (Å²) < 4.78 is 36.2. The number of rotatable bonds is 7. The van der Waals surface area contributed by atoms with Gasteiger partial charge in [0.15, 0.2) is 0 Å². The summed E-state index contributed by atoms with van der Waals surface area (Å²) in [5.74, 6) is -0.624. The molecule has 128 valence electrons. The molecule has 0 bridgehead atoms. The molecule has 0 aromatic heterocycles. The van der Waals surface area contributed by atoms with Gasteiger partial charge in [0.1, 0.15) is 5.82 Å². The van der Waals surface area contributed by atoms with Crippen molar-refractivity contribution in [1.29, 1.82) is 0 Å². The number of hydrogen-bond acceptors (Lipinski definition) is 4. The van der Waals surface area contributed by atoms with Crippen LogP contribution in [0.15, 0.2) is 53.4 Å². The fourth-order valence-corrected chi connectivity index (χ4v) is 2.83. The lowest BCUT2D eigenvalue weighted by molar-refractivity contribution is 0.0954. The molecule has 24 heavy (non-hydrogen) atoms. The van der Waals surface area contributed by atoms with Crippen LogP contribution in [-0.4, -0.2) is 28.0 Å². The van der Waals surface area contributed by atoms with Gasteiger partial charge in [-0.3, -0.25) is 9.63 Å². The van der Waals surface area contributed by atoms with Gasteiger partial charge in [0.2, 0.25) is 0 Å². The van der Waals surface area contributed by atoms with Gasteiger partial charge in [-0.05, 0) is 48.4 Å². The smallest absolute Gasteiger partial charge is 0.262 e. The van der Waals surface area contributed by atoms with Gasteiger partial charge in [-0.2, -0.15) is 0 Å². The topological polar surface area (TPSA) is 84.5 Å². The zero-order valence-electron chi connectivity index (χ0n) is 13.0. The molecule has 0 atom stereocenters. The predicted molar refractivity (Wildman–Crippen MR) is 86.2 cm³/mol. The average Bonchev–Trinajstić information content (AvgIpc) is 2.56. The summed E-state index contributed by atoms with van der Waals surface area (Å²) in [6.45, 7) is 0.385. The third-order valence-electron chi connectivity index (χ3n) is 3.23. The van der Waals surface area contributed by atoms with Crippen LogP contribution in [0.25, 0.3) is 0 Å². The Morgan fingerprint density at radius 1 is 1.08 bits per heavy atom. The summed E-state index contributed by atoms with van der Waals surface area (Å²) in [6, 6.07) is 11.5. The molecule has 0 fully saturated rings. The standard InChI is InChI=1S/C16H17FN2O4S/c1-23-19-24(21,22)15-8-4-13(5-9-15)16(20)18-11-10-12-2-6-14(17)7-3-12/h2-9,19H,10-11H2,1H3,(H,18,20). The number of nitrogens with one attached hydrogen (secondary N) is 2. The first-order valence-electron chi connectivity index (χ1n) is 7.10.